The molecule has 6 nitrogen and oxygen atoms in total. The first-order valence-corrected chi connectivity index (χ1v) is 7.62. The summed E-state index contributed by atoms with van der Waals surface area (Å²) < 4.78 is 5.92. The van der Waals surface area contributed by atoms with Gasteiger partial charge in [-0.2, -0.15) is 0 Å². The highest BCUT2D eigenvalue weighted by Gasteiger charge is 2.08. The molecule has 2 aromatic rings. The molecule has 0 aliphatic rings. The van der Waals surface area contributed by atoms with Gasteiger partial charge >= 0.3 is 0 Å². The van der Waals surface area contributed by atoms with Crippen LogP contribution in [0.4, 0.5) is 11.5 Å². The molecule has 1 amide bonds. The van der Waals surface area contributed by atoms with E-state index in [1.807, 2.05) is 12.1 Å². The molecule has 0 aliphatic heterocycles. The monoisotopic (exact) mass is 364 g/mol. The number of rotatable bonds is 7. The fourth-order valence-corrected chi connectivity index (χ4v) is 1.97. The summed E-state index contributed by atoms with van der Waals surface area (Å²) in [4.78, 5) is 12.0. The molecule has 0 saturated heterocycles. The second kappa shape index (κ2) is 8.45. The largest absolute Gasteiger partial charge is 0.385 e. The Labute approximate surface area is 137 Å². The van der Waals surface area contributed by atoms with Gasteiger partial charge in [-0.15, -0.1) is 10.2 Å². The number of ether oxygens (including phenoxy) is 1. The third-order valence-electron chi connectivity index (χ3n) is 2.83. The number of amides is 1. The molecule has 0 saturated carbocycles. The third kappa shape index (κ3) is 5.09. The van der Waals surface area contributed by atoms with Crippen molar-refractivity contribution in [1.82, 2.24) is 10.2 Å². The van der Waals surface area contributed by atoms with Crippen LogP contribution in [0, 0.1) is 0 Å². The number of halogens is 1. The second-order valence-electron chi connectivity index (χ2n) is 4.54. The first kappa shape index (κ1) is 16.4. The lowest BCUT2D eigenvalue weighted by molar-refractivity contribution is 0.102. The molecular weight excluding hydrogens is 348 g/mol. The predicted molar refractivity (Wildman–Crippen MR) is 89.1 cm³/mol. The van der Waals surface area contributed by atoms with Crippen molar-refractivity contribution in [3.63, 3.8) is 0 Å². The highest BCUT2D eigenvalue weighted by Crippen LogP contribution is 2.14. The number of hydrogen-bond acceptors (Lipinski definition) is 5. The molecule has 0 fully saturated rings. The van der Waals surface area contributed by atoms with Crippen molar-refractivity contribution in [3.05, 3.63) is 46.6 Å². The summed E-state index contributed by atoms with van der Waals surface area (Å²) in [6.07, 6.45) is 0.879. The van der Waals surface area contributed by atoms with Crippen molar-refractivity contribution in [3.8, 4) is 0 Å². The number of hydrogen-bond donors (Lipinski definition) is 2. The first-order chi connectivity index (χ1) is 10.7. The van der Waals surface area contributed by atoms with Crippen LogP contribution < -0.4 is 10.6 Å². The van der Waals surface area contributed by atoms with E-state index in [-0.39, 0.29) is 11.6 Å². The highest BCUT2D eigenvalue weighted by atomic mass is 79.9. The molecule has 0 radical (unpaired) electrons. The van der Waals surface area contributed by atoms with Crippen molar-refractivity contribution in [2.45, 2.75) is 6.42 Å². The van der Waals surface area contributed by atoms with Gasteiger partial charge in [0.05, 0.1) is 0 Å². The number of benzene rings is 1. The van der Waals surface area contributed by atoms with Gasteiger partial charge in [0.15, 0.2) is 5.69 Å². The minimum Gasteiger partial charge on any atom is -0.385 e. The Kier molecular flexibility index (Phi) is 6.29. The summed E-state index contributed by atoms with van der Waals surface area (Å²) in [7, 11) is 1.67. The van der Waals surface area contributed by atoms with E-state index in [4.69, 9.17) is 4.74 Å². The summed E-state index contributed by atoms with van der Waals surface area (Å²) in [6.45, 7) is 1.43. The van der Waals surface area contributed by atoms with E-state index in [9.17, 15) is 4.79 Å². The standard InChI is InChI=1S/C15H17BrN4O2/c1-22-10-2-9-17-14-8-7-13(19-20-14)15(21)18-12-5-3-11(16)4-6-12/h3-8H,2,9-10H2,1H3,(H,17,20)(H,18,21). The quantitative estimate of drug-likeness (QED) is 0.738. The minimum absolute atomic E-state index is 0.269. The Balaban J connectivity index is 1.89. The maximum absolute atomic E-state index is 12.0. The maximum Gasteiger partial charge on any atom is 0.276 e. The van der Waals surface area contributed by atoms with Crippen LogP contribution in [-0.4, -0.2) is 36.4 Å². The van der Waals surface area contributed by atoms with Gasteiger partial charge in [0.1, 0.15) is 5.82 Å². The number of nitrogens with zero attached hydrogens (tertiary/aromatic N) is 2. The second-order valence-corrected chi connectivity index (χ2v) is 5.45. The van der Waals surface area contributed by atoms with Crippen molar-refractivity contribution in [1.29, 1.82) is 0 Å². The lowest BCUT2D eigenvalue weighted by atomic mass is 10.3. The topological polar surface area (TPSA) is 76.1 Å². The Hall–Kier alpha value is -1.99. The maximum atomic E-state index is 12.0. The summed E-state index contributed by atoms with van der Waals surface area (Å²) in [6, 6.07) is 10.7. The zero-order valence-electron chi connectivity index (χ0n) is 12.2. The molecular formula is C15H17BrN4O2. The zero-order chi connectivity index (χ0) is 15.8. The Morgan fingerprint density at radius 3 is 2.59 bits per heavy atom. The molecule has 2 N–H and O–H groups in total. The van der Waals surface area contributed by atoms with Gasteiger partial charge in [0.2, 0.25) is 0 Å². The van der Waals surface area contributed by atoms with Gasteiger partial charge < -0.3 is 15.4 Å². The number of anilines is 2. The SMILES string of the molecule is COCCCNc1ccc(C(=O)Nc2ccc(Br)cc2)nn1. The molecule has 0 unspecified atom stereocenters. The van der Waals surface area contributed by atoms with Crippen LogP contribution in [-0.2, 0) is 4.74 Å². The summed E-state index contributed by atoms with van der Waals surface area (Å²) in [5, 5.41) is 13.8. The van der Waals surface area contributed by atoms with Crippen molar-refractivity contribution < 1.29 is 9.53 Å². The van der Waals surface area contributed by atoms with E-state index in [0.717, 1.165) is 17.4 Å². The number of carbonyl (C=O) groups excluding carboxylic acids is 1. The van der Waals surface area contributed by atoms with E-state index in [0.29, 0.717) is 18.1 Å². The number of carbonyl (C=O) groups is 1. The van der Waals surface area contributed by atoms with Crippen molar-refractivity contribution in [2.24, 2.45) is 0 Å². The van der Waals surface area contributed by atoms with E-state index >= 15 is 0 Å². The van der Waals surface area contributed by atoms with Gasteiger partial charge in [-0.3, -0.25) is 4.79 Å². The van der Waals surface area contributed by atoms with Crippen LogP contribution in [0.25, 0.3) is 0 Å². The molecule has 0 atom stereocenters. The molecule has 0 aliphatic carbocycles. The van der Waals surface area contributed by atoms with E-state index in [2.05, 4.69) is 36.8 Å². The molecule has 2 rings (SSSR count). The van der Waals surface area contributed by atoms with E-state index < -0.39 is 0 Å². The third-order valence-corrected chi connectivity index (χ3v) is 3.36. The molecule has 22 heavy (non-hydrogen) atoms. The zero-order valence-corrected chi connectivity index (χ0v) is 13.8. The smallest absolute Gasteiger partial charge is 0.276 e. The average molecular weight is 365 g/mol. The van der Waals surface area contributed by atoms with E-state index in [1.54, 1.807) is 31.4 Å². The average Bonchev–Trinajstić information content (AvgIpc) is 2.54. The van der Waals surface area contributed by atoms with Crippen molar-refractivity contribution >= 4 is 33.3 Å². The van der Waals surface area contributed by atoms with Gasteiger partial charge in [0, 0.05) is 30.4 Å². The molecule has 7 heteroatoms. The Morgan fingerprint density at radius 2 is 1.95 bits per heavy atom. The van der Waals surface area contributed by atoms with E-state index in [1.165, 1.54) is 0 Å². The first-order valence-electron chi connectivity index (χ1n) is 6.82. The summed E-state index contributed by atoms with van der Waals surface area (Å²) in [5.41, 5.74) is 0.974. The number of methoxy groups -OCH3 is 1. The molecule has 1 aromatic carbocycles. The fraction of sp³-hybridized carbons (Fsp3) is 0.267. The van der Waals surface area contributed by atoms with Gasteiger partial charge in [-0.25, -0.2) is 0 Å². The Morgan fingerprint density at radius 1 is 1.18 bits per heavy atom. The lowest BCUT2D eigenvalue weighted by Gasteiger charge is -2.06. The molecule has 116 valence electrons. The van der Waals surface area contributed by atoms with Crippen LogP contribution in [0.15, 0.2) is 40.9 Å². The molecule has 1 aromatic heterocycles. The van der Waals surface area contributed by atoms with Gasteiger partial charge in [-0.05, 0) is 42.8 Å². The summed E-state index contributed by atoms with van der Waals surface area (Å²) >= 11 is 3.35. The number of aromatic nitrogens is 2. The normalized spacial score (nSPS) is 10.3. The fourth-order valence-electron chi connectivity index (χ4n) is 1.71. The highest BCUT2D eigenvalue weighted by molar-refractivity contribution is 9.10. The Bertz CT molecular complexity index is 602. The van der Waals surface area contributed by atoms with Gasteiger partial charge in [-0.1, -0.05) is 15.9 Å². The van der Waals surface area contributed by atoms with Crippen LogP contribution >= 0.6 is 15.9 Å². The molecule has 1 heterocycles. The van der Waals surface area contributed by atoms with Crippen LogP contribution in [0.3, 0.4) is 0 Å². The van der Waals surface area contributed by atoms with Crippen molar-refractivity contribution in [2.75, 3.05) is 30.9 Å². The van der Waals surface area contributed by atoms with Crippen LogP contribution in [0.2, 0.25) is 0 Å². The molecule has 0 spiro atoms. The molecule has 0 bridgehead atoms. The predicted octanol–water partition coefficient (Wildman–Crippen LogP) is 2.94. The lowest BCUT2D eigenvalue weighted by Crippen LogP contribution is -2.15. The minimum atomic E-state index is -0.291. The van der Waals surface area contributed by atoms with Gasteiger partial charge in [0.25, 0.3) is 5.91 Å². The van der Waals surface area contributed by atoms with Crippen LogP contribution in [0.1, 0.15) is 16.9 Å². The van der Waals surface area contributed by atoms with Crippen LogP contribution in [0.5, 0.6) is 0 Å². The number of nitrogens with one attached hydrogen (secondary N) is 2. The summed E-state index contributed by atoms with van der Waals surface area (Å²) in [5.74, 6) is 0.344.